The van der Waals surface area contributed by atoms with Crippen LogP contribution in [0.1, 0.15) is 46.0 Å². The van der Waals surface area contributed by atoms with E-state index in [0.717, 1.165) is 12.0 Å². The van der Waals surface area contributed by atoms with Crippen LogP contribution in [0.25, 0.3) is 0 Å². The molecule has 0 aromatic heterocycles. The third-order valence-corrected chi connectivity index (χ3v) is 4.21. The fourth-order valence-corrected chi connectivity index (χ4v) is 3.14. The van der Waals surface area contributed by atoms with Crippen LogP contribution < -0.4 is 5.32 Å². The normalized spacial score (nSPS) is 23.7. The second-order valence-corrected chi connectivity index (χ2v) is 6.36. The Morgan fingerprint density at radius 2 is 1.79 bits per heavy atom. The van der Waals surface area contributed by atoms with E-state index in [4.69, 9.17) is 0 Å². The molecule has 19 heavy (non-hydrogen) atoms. The molecule has 1 saturated carbocycles. The molecule has 114 valence electrons. The highest BCUT2D eigenvalue weighted by Crippen LogP contribution is 2.26. The predicted molar refractivity (Wildman–Crippen MR) is 84.7 cm³/mol. The van der Waals surface area contributed by atoms with Gasteiger partial charge in [-0.25, -0.2) is 0 Å². The molecule has 1 fully saturated rings. The van der Waals surface area contributed by atoms with E-state index in [9.17, 15) is 0 Å². The molecule has 1 aliphatic rings. The third-order valence-electron chi connectivity index (χ3n) is 4.21. The summed E-state index contributed by atoms with van der Waals surface area (Å²) in [5.41, 5.74) is 0. The Bertz CT molecular complexity index is 218. The lowest BCUT2D eigenvalue weighted by Crippen LogP contribution is -2.41. The van der Waals surface area contributed by atoms with Crippen molar-refractivity contribution in [3.8, 4) is 0 Å². The highest BCUT2D eigenvalue weighted by atomic mass is 15.2. The van der Waals surface area contributed by atoms with Crippen molar-refractivity contribution in [3.05, 3.63) is 0 Å². The summed E-state index contributed by atoms with van der Waals surface area (Å²) in [6.45, 7) is 10.7. The van der Waals surface area contributed by atoms with Crippen molar-refractivity contribution in [2.75, 3.05) is 46.8 Å². The summed E-state index contributed by atoms with van der Waals surface area (Å²) in [7, 11) is 4.34. The molecule has 0 aromatic carbocycles. The lowest BCUT2D eigenvalue weighted by molar-refractivity contribution is 0.196. The Hall–Kier alpha value is -0.120. The number of hydrogen-bond donors (Lipinski definition) is 1. The zero-order chi connectivity index (χ0) is 14.1. The van der Waals surface area contributed by atoms with E-state index in [0.29, 0.717) is 0 Å². The molecule has 2 atom stereocenters. The van der Waals surface area contributed by atoms with Gasteiger partial charge in [0.2, 0.25) is 0 Å². The molecular weight excluding hydrogens is 234 g/mol. The van der Waals surface area contributed by atoms with Gasteiger partial charge in [-0.2, -0.15) is 0 Å². The van der Waals surface area contributed by atoms with Gasteiger partial charge in [-0.15, -0.1) is 0 Å². The third kappa shape index (κ3) is 6.73. The fourth-order valence-electron chi connectivity index (χ4n) is 3.14. The highest BCUT2D eigenvalue weighted by Gasteiger charge is 2.27. The van der Waals surface area contributed by atoms with Crippen LogP contribution in [0, 0.1) is 5.92 Å². The minimum Gasteiger partial charge on any atom is -0.314 e. The maximum Gasteiger partial charge on any atom is 0.0109 e. The standard InChI is InChI=1S/C16H35N3/c1-5-10-17-16-9-7-8-15(16)14-19(11-6-2)13-12-18(3)4/h15-17H,5-14H2,1-4H3. The summed E-state index contributed by atoms with van der Waals surface area (Å²) < 4.78 is 0. The maximum absolute atomic E-state index is 3.76. The SMILES string of the molecule is CCCNC1CCCC1CN(CCC)CCN(C)C. The van der Waals surface area contributed by atoms with Gasteiger partial charge in [-0.05, 0) is 58.8 Å². The first-order chi connectivity index (χ1) is 9.17. The molecular formula is C16H35N3. The molecule has 1 N–H and O–H groups in total. The maximum atomic E-state index is 3.76. The van der Waals surface area contributed by atoms with Crippen LogP contribution in [0.2, 0.25) is 0 Å². The summed E-state index contributed by atoms with van der Waals surface area (Å²) in [5.74, 6) is 0.875. The molecule has 0 saturated heterocycles. The molecule has 0 aromatic rings. The quantitative estimate of drug-likeness (QED) is 0.657. The molecule has 3 heteroatoms. The van der Waals surface area contributed by atoms with Crippen LogP contribution in [0.5, 0.6) is 0 Å². The summed E-state index contributed by atoms with van der Waals surface area (Å²) in [4.78, 5) is 4.97. The molecule has 0 bridgehead atoms. The van der Waals surface area contributed by atoms with Crippen LogP contribution in [0.3, 0.4) is 0 Å². The zero-order valence-electron chi connectivity index (χ0n) is 13.6. The molecule has 0 aliphatic heterocycles. The molecule has 0 radical (unpaired) electrons. The first-order valence-corrected chi connectivity index (χ1v) is 8.27. The van der Waals surface area contributed by atoms with E-state index in [2.05, 4.69) is 43.1 Å². The Morgan fingerprint density at radius 3 is 2.42 bits per heavy atom. The second kappa shape index (κ2) is 9.73. The molecule has 1 rings (SSSR count). The first kappa shape index (κ1) is 16.9. The van der Waals surface area contributed by atoms with Gasteiger partial charge in [-0.1, -0.05) is 20.3 Å². The van der Waals surface area contributed by atoms with Gasteiger partial charge in [0, 0.05) is 25.7 Å². The summed E-state index contributed by atoms with van der Waals surface area (Å²) in [6.07, 6.45) is 6.75. The minimum absolute atomic E-state index is 0.777. The van der Waals surface area contributed by atoms with Gasteiger partial charge >= 0.3 is 0 Å². The van der Waals surface area contributed by atoms with E-state index in [1.54, 1.807) is 0 Å². The van der Waals surface area contributed by atoms with E-state index in [1.165, 1.54) is 64.8 Å². The fraction of sp³-hybridized carbons (Fsp3) is 1.00. The monoisotopic (exact) mass is 269 g/mol. The van der Waals surface area contributed by atoms with Crippen molar-refractivity contribution in [1.82, 2.24) is 15.1 Å². The Balaban J connectivity index is 2.38. The van der Waals surface area contributed by atoms with Crippen LogP contribution >= 0.6 is 0 Å². The number of hydrogen-bond acceptors (Lipinski definition) is 3. The van der Waals surface area contributed by atoms with Crippen molar-refractivity contribution in [2.24, 2.45) is 5.92 Å². The van der Waals surface area contributed by atoms with E-state index < -0.39 is 0 Å². The topological polar surface area (TPSA) is 18.5 Å². The lowest BCUT2D eigenvalue weighted by atomic mass is 10.0. The first-order valence-electron chi connectivity index (χ1n) is 8.27. The number of rotatable bonds is 10. The van der Waals surface area contributed by atoms with E-state index in [-0.39, 0.29) is 0 Å². The molecule has 3 nitrogen and oxygen atoms in total. The van der Waals surface area contributed by atoms with Crippen LogP contribution in [-0.4, -0.2) is 62.7 Å². The van der Waals surface area contributed by atoms with Gasteiger partial charge in [0.15, 0.2) is 0 Å². The van der Waals surface area contributed by atoms with Crippen molar-refractivity contribution in [3.63, 3.8) is 0 Å². The van der Waals surface area contributed by atoms with Crippen LogP contribution in [0.15, 0.2) is 0 Å². The van der Waals surface area contributed by atoms with Gasteiger partial charge in [-0.3, -0.25) is 0 Å². The lowest BCUT2D eigenvalue weighted by Gasteiger charge is -2.29. The van der Waals surface area contributed by atoms with E-state index in [1.807, 2.05) is 0 Å². The summed E-state index contributed by atoms with van der Waals surface area (Å²) in [5, 5.41) is 3.76. The Kier molecular flexibility index (Phi) is 8.67. The molecule has 1 aliphatic carbocycles. The van der Waals surface area contributed by atoms with E-state index >= 15 is 0 Å². The van der Waals surface area contributed by atoms with Crippen molar-refractivity contribution in [2.45, 2.75) is 52.0 Å². The van der Waals surface area contributed by atoms with Gasteiger partial charge in [0.25, 0.3) is 0 Å². The molecule has 0 spiro atoms. The summed E-state index contributed by atoms with van der Waals surface area (Å²) >= 11 is 0. The minimum atomic E-state index is 0.777. The highest BCUT2D eigenvalue weighted by molar-refractivity contribution is 4.85. The Labute approximate surface area is 120 Å². The molecule has 2 unspecified atom stereocenters. The smallest absolute Gasteiger partial charge is 0.0109 e. The number of nitrogens with one attached hydrogen (secondary N) is 1. The molecule has 0 amide bonds. The predicted octanol–water partition coefficient (Wildman–Crippen LogP) is 2.43. The van der Waals surface area contributed by atoms with Crippen LogP contribution in [0.4, 0.5) is 0 Å². The Morgan fingerprint density at radius 1 is 1.00 bits per heavy atom. The van der Waals surface area contributed by atoms with Gasteiger partial charge < -0.3 is 15.1 Å². The van der Waals surface area contributed by atoms with Gasteiger partial charge in [0.05, 0.1) is 0 Å². The number of nitrogens with zero attached hydrogens (tertiary/aromatic N) is 2. The van der Waals surface area contributed by atoms with Crippen molar-refractivity contribution >= 4 is 0 Å². The van der Waals surface area contributed by atoms with Crippen molar-refractivity contribution in [1.29, 1.82) is 0 Å². The largest absolute Gasteiger partial charge is 0.314 e. The van der Waals surface area contributed by atoms with Gasteiger partial charge in [0.1, 0.15) is 0 Å². The second-order valence-electron chi connectivity index (χ2n) is 6.36. The van der Waals surface area contributed by atoms with Crippen molar-refractivity contribution < 1.29 is 0 Å². The summed E-state index contributed by atoms with van der Waals surface area (Å²) in [6, 6.07) is 0.777. The number of likely N-dealkylation sites (N-methyl/N-ethyl adjacent to an activating group) is 1. The average molecular weight is 269 g/mol. The average Bonchev–Trinajstić information content (AvgIpc) is 2.81. The zero-order valence-corrected chi connectivity index (χ0v) is 13.6. The molecule has 0 heterocycles. The van der Waals surface area contributed by atoms with Crippen LogP contribution in [-0.2, 0) is 0 Å².